The quantitative estimate of drug-likeness (QED) is 0.0413. The Morgan fingerprint density at radius 1 is 0.500 bits per heavy atom. The third-order valence-electron chi connectivity index (χ3n) is 8.95. The number of carbonyl (C=O) groups is 2. The average Bonchev–Trinajstić information content (AvgIpc) is 3.00. The Morgan fingerprint density at radius 3 is 1.25 bits per heavy atom. The zero-order chi connectivity index (χ0) is 31.9. The summed E-state index contributed by atoms with van der Waals surface area (Å²) in [6.07, 6.45) is 30.7. The van der Waals surface area contributed by atoms with Crippen LogP contribution in [0.1, 0.15) is 207 Å². The van der Waals surface area contributed by atoms with E-state index >= 15 is 0 Å². The van der Waals surface area contributed by atoms with Crippen molar-refractivity contribution in [1.82, 2.24) is 0 Å². The van der Waals surface area contributed by atoms with Crippen LogP contribution in [0, 0.1) is 5.92 Å². The van der Waals surface area contributed by atoms with Crippen molar-refractivity contribution in [2.45, 2.75) is 213 Å². The molecule has 0 amide bonds. The number of hydrogen-bond acceptors (Lipinski definition) is 5. The molecule has 0 fully saturated rings. The molecule has 0 aromatic carbocycles. The van der Waals surface area contributed by atoms with Crippen molar-refractivity contribution >= 4 is 35.8 Å². The van der Waals surface area contributed by atoms with Gasteiger partial charge >= 0.3 is 35.8 Å². The van der Waals surface area contributed by atoms with Crippen molar-refractivity contribution in [1.29, 1.82) is 0 Å². The van der Waals surface area contributed by atoms with Crippen molar-refractivity contribution < 1.29 is 24.2 Å². The van der Waals surface area contributed by atoms with E-state index in [4.69, 9.17) is 9.47 Å². The minimum absolute atomic E-state index is 0. The molecular formula is C38H76O5Sn. The number of ether oxygens (including phenoxy) is 2. The van der Waals surface area contributed by atoms with E-state index in [1.54, 1.807) is 0 Å². The first-order valence-electron chi connectivity index (χ1n) is 19.0. The van der Waals surface area contributed by atoms with Crippen molar-refractivity contribution in [3.8, 4) is 0 Å². The molecule has 2 unspecified atom stereocenters. The van der Waals surface area contributed by atoms with Gasteiger partial charge in [0.15, 0.2) is 5.60 Å². The Labute approximate surface area is 291 Å². The van der Waals surface area contributed by atoms with Crippen LogP contribution in [0.25, 0.3) is 0 Å². The molecule has 0 aromatic heterocycles. The molecule has 0 saturated heterocycles. The Hall–Kier alpha value is -0.301. The number of esters is 2. The summed E-state index contributed by atoms with van der Waals surface area (Å²) < 4.78 is 11.2. The SMILES string of the molecule is CCCCCCCCCCCCCC(C(=O)OCCCC)C(O)(CCCCCCCCCCCCC)C(=O)OCCCC.[SnH2]. The fourth-order valence-corrected chi connectivity index (χ4v) is 5.89. The zero-order valence-corrected chi connectivity index (χ0v) is 34.1. The molecule has 0 bridgehead atoms. The Morgan fingerprint density at radius 2 is 0.841 bits per heavy atom. The topological polar surface area (TPSA) is 72.8 Å². The third-order valence-corrected chi connectivity index (χ3v) is 8.95. The molecule has 0 aliphatic heterocycles. The molecule has 0 aromatic rings. The molecule has 1 N–H and O–H groups in total. The van der Waals surface area contributed by atoms with E-state index in [0.717, 1.165) is 57.8 Å². The first kappa shape index (κ1) is 45.8. The maximum absolute atomic E-state index is 13.4. The van der Waals surface area contributed by atoms with Crippen LogP contribution < -0.4 is 0 Å². The van der Waals surface area contributed by atoms with Crippen LogP contribution in [0.2, 0.25) is 0 Å². The van der Waals surface area contributed by atoms with Crippen LogP contribution in [0.4, 0.5) is 0 Å². The van der Waals surface area contributed by atoms with Gasteiger partial charge in [0.1, 0.15) is 0 Å². The van der Waals surface area contributed by atoms with Crippen molar-refractivity contribution in [2.24, 2.45) is 5.92 Å². The molecule has 6 heteroatoms. The fraction of sp³-hybridized carbons (Fsp3) is 0.947. The minimum atomic E-state index is -1.81. The summed E-state index contributed by atoms with van der Waals surface area (Å²) in [6.45, 7) is 9.23. The fourth-order valence-electron chi connectivity index (χ4n) is 5.89. The molecule has 0 rings (SSSR count). The van der Waals surface area contributed by atoms with E-state index in [0.29, 0.717) is 19.4 Å². The molecule has 262 valence electrons. The monoisotopic (exact) mass is 732 g/mol. The van der Waals surface area contributed by atoms with Gasteiger partial charge in [-0.2, -0.15) is 0 Å². The summed E-state index contributed by atoms with van der Waals surface area (Å²) >= 11 is 0. The summed E-state index contributed by atoms with van der Waals surface area (Å²) in [5, 5.41) is 11.9. The molecule has 2 atom stereocenters. The molecule has 2 radical (unpaired) electrons. The number of aliphatic hydroxyl groups is 1. The molecule has 0 spiro atoms. The number of hydrogen-bond donors (Lipinski definition) is 1. The van der Waals surface area contributed by atoms with Gasteiger partial charge in [-0.25, -0.2) is 4.79 Å². The molecular weight excluding hydrogens is 655 g/mol. The number of carbonyl (C=O) groups excluding carboxylic acids is 2. The molecule has 0 aliphatic carbocycles. The normalized spacial score (nSPS) is 13.2. The zero-order valence-electron chi connectivity index (χ0n) is 30.1. The first-order valence-corrected chi connectivity index (χ1v) is 19.0. The van der Waals surface area contributed by atoms with E-state index in [9.17, 15) is 14.7 Å². The van der Waals surface area contributed by atoms with Crippen LogP contribution in [-0.4, -0.2) is 59.8 Å². The summed E-state index contributed by atoms with van der Waals surface area (Å²) in [7, 11) is 0. The second-order valence-electron chi connectivity index (χ2n) is 13.1. The van der Waals surface area contributed by atoms with Gasteiger partial charge in [-0.15, -0.1) is 0 Å². The predicted molar refractivity (Wildman–Crippen MR) is 191 cm³/mol. The van der Waals surface area contributed by atoms with E-state index in [1.807, 2.05) is 6.92 Å². The van der Waals surface area contributed by atoms with Gasteiger partial charge in [-0.3, -0.25) is 4.79 Å². The summed E-state index contributed by atoms with van der Waals surface area (Å²) in [4.78, 5) is 26.7. The van der Waals surface area contributed by atoms with Gasteiger partial charge in [0.25, 0.3) is 0 Å². The molecule has 0 saturated carbocycles. The van der Waals surface area contributed by atoms with Gasteiger partial charge in [0.2, 0.25) is 0 Å². The van der Waals surface area contributed by atoms with Crippen LogP contribution in [-0.2, 0) is 19.1 Å². The van der Waals surface area contributed by atoms with Crippen LogP contribution in [0.5, 0.6) is 0 Å². The van der Waals surface area contributed by atoms with Gasteiger partial charge in [-0.05, 0) is 32.1 Å². The van der Waals surface area contributed by atoms with Crippen molar-refractivity contribution in [3.05, 3.63) is 0 Å². The summed E-state index contributed by atoms with van der Waals surface area (Å²) in [5.74, 6) is -1.92. The summed E-state index contributed by atoms with van der Waals surface area (Å²) in [6, 6.07) is 0. The molecule has 0 aliphatic rings. The second kappa shape index (κ2) is 34.0. The summed E-state index contributed by atoms with van der Waals surface area (Å²) in [5.41, 5.74) is -1.81. The van der Waals surface area contributed by atoms with Gasteiger partial charge in [0.05, 0.1) is 19.1 Å². The Bertz CT molecular complexity index is 628. The molecule has 44 heavy (non-hydrogen) atoms. The van der Waals surface area contributed by atoms with E-state index in [2.05, 4.69) is 20.8 Å². The van der Waals surface area contributed by atoms with Crippen LogP contribution in [0.15, 0.2) is 0 Å². The molecule has 5 nitrogen and oxygen atoms in total. The third kappa shape index (κ3) is 24.9. The van der Waals surface area contributed by atoms with E-state index in [1.165, 1.54) is 103 Å². The standard InChI is InChI=1S/C38H74O5.Sn.2H/c1-5-9-13-15-17-19-21-23-25-27-29-31-35(36(39)42-33-11-7-3)38(41,37(40)43-34-12-8-4)32-30-28-26-24-22-20-18-16-14-10-6-2;;;/h35,41H,5-34H2,1-4H3;;;. The average molecular weight is 732 g/mol. The van der Waals surface area contributed by atoms with E-state index < -0.39 is 23.5 Å². The maximum atomic E-state index is 13.4. The number of unbranched alkanes of at least 4 members (excludes halogenated alkanes) is 22. The van der Waals surface area contributed by atoms with Gasteiger partial charge < -0.3 is 14.6 Å². The van der Waals surface area contributed by atoms with Crippen molar-refractivity contribution in [3.63, 3.8) is 0 Å². The van der Waals surface area contributed by atoms with E-state index in [-0.39, 0.29) is 36.9 Å². The predicted octanol–water partition coefficient (Wildman–Crippen LogP) is 10.5. The van der Waals surface area contributed by atoms with Crippen LogP contribution >= 0.6 is 0 Å². The Balaban J connectivity index is 0. The first-order chi connectivity index (χ1) is 21.0. The Kier molecular flexibility index (Phi) is 35.5. The van der Waals surface area contributed by atoms with Crippen LogP contribution in [0.3, 0.4) is 0 Å². The van der Waals surface area contributed by atoms with Gasteiger partial charge in [-0.1, -0.05) is 175 Å². The second-order valence-corrected chi connectivity index (χ2v) is 13.1. The number of rotatable bonds is 33. The van der Waals surface area contributed by atoms with Crippen molar-refractivity contribution in [2.75, 3.05) is 13.2 Å². The van der Waals surface area contributed by atoms with Gasteiger partial charge in [0, 0.05) is 0 Å². The molecule has 0 heterocycles.